The molecule has 1 aliphatic heterocycles. The van der Waals surface area contributed by atoms with Crippen molar-refractivity contribution in [3.05, 3.63) is 0 Å². The van der Waals surface area contributed by atoms with Gasteiger partial charge in [0.2, 0.25) is 5.91 Å². The van der Waals surface area contributed by atoms with E-state index >= 15 is 0 Å². The largest absolute Gasteiger partial charge is 0.355 e. The Kier molecular flexibility index (Phi) is 6.46. The summed E-state index contributed by atoms with van der Waals surface area (Å²) in [6.45, 7) is 6.22. The Morgan fingerprint density at radius 2 is 2.19 bits per heavy atom. The van der Waals surface area contributed by atoms with E-state index in [1.165, 1.54) is 25.7 Å². The highest BCUT2D eigenvalue weighted by atomic mass is 16.2. The number of hydrogen-bond acceptors (Lipinski definition) is 2. The first-order chi connectivity index (χ1) is 7.77. The van der Waals surface area contributed by atoms with Crippen molar-refractivity contribution in [3.63, 3.8) is 0 Å². The fraction of sp³-hybridized carbons (Fsp3) is 0.923. The van der Waals surface area contributed by atoms with Crippen molar-refractivity contribution in [2.24, 2.45) is 5.92 Å². The molecule has 0 spiro atoms. The Balaban J connectivity index is 2.19. The second kappa shape index (κ2) is 7.66. The molecule has 2 unspecified atom stereocenters. The maximum absolute atomic E-state index is 11.8. The second-order valence-electron chi connectivity index (χ2n) is 4.80. The highest BCUT2D eigenvalue weighted by Gasteiger charge is 2.25. The molecule has 0 aliphatic carbocycles. The van der Waals surface area contributed by atoms with Gasteiger partial charge in [0.25, 0.3) is 0 Å². The molecule has 0 aromatic heterocycles. The third kappa shape index (κ3) is 4.52. The molecule has 0 radical (unpaired) electrons. The van der Waals surface area contributed by atoms with Crippen LogP contribution < -0.4 is 10.6 Å². The van der Waals surface area contributed by atoms with Crippen molar-refractivity contribution in [2.45, 2.75) is 58.4 Å². The third-order valence-electron chi connectivity index (χ3n) is 3.49. The van der Waals surface area contributed by atoms with Crippen LogP contribution in [0.15, 0.2) is 0 Å². The summed E-state index contributed by atoms with van der Waals surface area (Å²) in [4.78, 5) is 11.8. The molecule has 1 amide bonds. The Labute approximate surface area is 99.4 Å². The first kappa shape index (κ1) is 13.5. The van der Waals surface area contributed by atoms with Gasteiger partial charge in [0.05, 0.1) is 6.04 Å². The lowest BCUT2D eigenvalue weighted by molar-refractivity contribution is -0.124. The van der Waals surface area contributed by atoms with Crippen LogP contribution in [0.1, 0.15) is 52.4 Å². The fourth-order valence-electron chi connectivity index (χ4n) is 2.28. The highest BCUT2D eigenvalue weighted by Crippen LogP contribution is 2.19. The van der Waals surface area contributed by atoms with Crippen LogP contribution in [-0.4, -0.2) is 25.0 Å². The summed E-state index contributed by atoms with van der Waals surface area (Å²) >= 11 is 0. The Hall–Kier alpha value is -0.570. The highest BCUT2D eigenvalue weighted by molar-refractivity contribution is 5.81. The molecule has 1 saturated heterocycles. The Morgan fingerprint density at radius 3 is 2.88 bits per heavy atom. The van der Waals surface area contributed by atoms with Crippen molar-refractivity contribution in [2.75, 3.05) is 13.1 Å². The van der Waals surface area contributed by atoms with Crippen molar-refractivity contribution >= 4 is 5.91 Å². The molecule has 0 aromatic carbocycles. The summed E-state index contributed by atoms with van der Waals surface area (Å²) in [6.07, 6.45) is 6.94. The normalized spacial score (nSPS) is 25.4. The smallest absolute Gasteiger partial charge is 0.237 e. The van der Waals surface area contributed by atoms with Crippen LogP contribution in [-0.2, 0) is 4.79 Å². The van der Waals surface area contributed by atoms with E-state index in [-0.39, 0.29) is 11.9 Å². The monoisotopic (exact) mass is 226 g/mol. The van der Waals surface area contributed by atoms with Gasteiger partial charge in [0.15, 0.2) is 0 Å². The van der Waals surface area contributed by atoms with E-state index in [1.54, 1.807) is 0 Å². The van der Waals surface area contributed by atoms with E-state index in [4.69, 9.17) is 0 Å². The molecule has 1 fully saturated rings. The van der Waals surface area contributed by atoms with Gasteiger partial charge < -0.3 is 10.6 Å². The van der Waals surface area contributed by atoms with E-state index < -0.39 is 0 Å². The summed E-state index contributed by atoms with van der Waals surface area (Å²) in [7, 11) is 0. The van der Waals surface area contributed by atoms with Crippen molar-refractivity contribution in [1.82, 2.24) is 10.6 Å². The molecule has 1 aliphatic rings. The molecule has 3 nitrogen and oxygen atoms in total. The topological polar surface area (TPSA) is 41.1 Å². The number of carbonyl (C=O) groups is 1. The van der Waals surface area contributed by atoms with Gasteiger partial charge in [-0.3, -0.25) is 4.79 Å². The lowest BCUT2D eigenvalue weighted by atomic mass is 9.90. The van der Waals surface area contributed by atoms with Crippen LogP contribution in [0.25, 0.3) is 0 Å². The quantitative estimate of drug-likeness (QED) is 0.681. The van der Waals surface area contributed by atoms with Gasteiger partial charge in [0, 0.05) is 6.54 Å². The number of amides is 1. The lowest BCUT2D eigenvalue weighted by Crippen LogP contribution is -2.48. The molecular formula is C13H26N2O. The van der Waals surface area contributed by atoms with Crippen LogP contribution in [0.2, 0.25) is 0 Å². The average Bonchev–Trinajstić information content (AvgIpc) is 2.34. The number of unbranched alkanes of at least 4 members (excludes halogenated alkanes) is 2. The van der Waals surface area contributed by atoms with Crippen molar-refractivity contribution in [1.29, 1.82) is 0 Å². The summed E-state index contributed by atoms with van der Waals surface area (Å²) < 4.78 is 0. The number of hydrogen-bond donors (Lipinski definition) is 2. The first-order valence-electron chi connectivity index (χ1n) is 6.79. The van der Waals surface area contributed by atoms with Gasteiger partial charge >= 0.3 is 0 Å². The van der Waals surface area contributed by atoms with Crippen LogP contribution in [0.5, 0.6) is 0 Å². The molecule has 1 rings (SSSR count). The third-order valence-corrected chi connectivity index (χ3v) is 3.49. The van der Waals surface area contributed by atoms with Crippen LogP contribution in [0.4, 0.5) is 0 Å². The van der Waals surface area contributed by atoms with Gasteiger partial charge in [-0.25, -0.2) is 0 Å². The zero-order valence-corrected chi connectivity index (χ0v) is 10.7. The van der Waals surface area contributed by atoms with E-state index in [9.17, 15) is 4.79 Å². The molecule has 0 saturated carbocycles. The van der Waals surface area contributed by atoms with Gasteiger partial charge in [-0.05, 0) is 31.7 Å². The minimum absolute atomic E-state index is 0.0559. The molecular weight excluding hydrogens is 200 g/mol. The lowest BCUT2D eigenvalue weighted by Gasteiger charge is -2.28. The van der Waals surface area contributed by atoms with E-state index in [1.807, 2.05) is 0 Å². The van der Waals surface area contributed by atoms with Crippen LogP contribution in [0.3, 0.4) is 0 Å². The number of carbonyl (C=O) groups excluding carboxylic acids is 1. The second-order valence-corrected chi connectivity index (χ2v) is 4.80. The zero-order chi connectivity index (χ0) is 11.8. The first-order valence-corrected chi connectivity index (χ1v) is 6.79. The average molecular weight is 226 g/mol. The van der Waals surface area contributed by atoms with Crippen molar-refractivity contribution in [3.8, 4) is 0 Å². The standard InChI is InChI=1S/C13H26N2O/c1-3-5-6-8-15-13(16)12-10-11(4-2)7-9-14-12/h11-12,14H,3-10H2,1-2H3,(H,15,16). The molecule has 3 heteroatoms. The van der Waals surface area contributed by atoms with Gasteiger partial charge in [-0.15, -0.1) is 0 Å². The summed E-state index contributed by atoms with van der Waals surface area (Å²) in [5.74, 6) is 0.932. The predicted molar refractivity (Wildman–Crippen MR) is 67.3 cm³/mol. The summed E-state index contributed by atoms with van der Waals surface area (Å²) in [5.41, 5.74) is 0. The summed E-state index contributed by atoms with van der Waals surface area (Å²) in [6, 6.07) is 0.0559. The fourth-order valence-corrected chi connectivity index (χ4v) is 2.28. The Morgan fingerprint density at radius 1 is 1.38 bits per heavy atom. The minimum atomic E-state index is 0.0559. The molecule has 16 heavy (non-hydrogen) atoms. The van der Waals surface area contributed by atoms with Crippen LogP contribution in [0, 0.1) is 5.92 Å². The van der Waals surface area contributed by atoms with Gasteiger partial charge in [0.1, 0.15) is 0 Å². The predicted octanol–water partition coefficient (Wildman–Crippen LogP) is 2.07. The molecule has 0 aromatic rings. The number of nitrogens with one attached hydrogen (secondary N) is 2. The maximum Gasteiger partial charge on any atom is 0.237 e. The summed E-state index contributed by atoms with van der Waals surface area (Å²) in [5, 5.41) is 6.34. The minimum Gasteiger partial charge on any atom is -0.355 e. The molecule has 1 heterocycles. The van der Waals surface area contributed by atoms with Crippen LogP contribution >= 0.6 is 0 Å². The Bertz CT molecular complexity index is 206. The maximum atomic E-state index is 11.8. The van der Waals surface area contributed by atoms with E-state index in [0.717, 1.165) is 31.8 Å². The molecule has 2 atom stereocenters. The van der Waals surface area contributed by atoms with Gasteiger partial charge in [-0.2, -0.15) is 0 Å². The number of rotatable bonds is 6. The van der Waals surface area contributed by atoms with E-state index in [0.29, 0.717) is 0 Å². The van der Waals surface area contributed by atoms with Crippen molar-refractivity contribution < 1.29 is 4.79 Å². The zero-order valence-electron chi connectivity index (χ0n) is 10.7. The molecule has 94 valence electrons. The van der Waals surface area contributed by atoms with E-state index in [2.05, 4.69) is 24.5 Å². The molecule has 2 N–H and O–H groups in total. The molecule has 0 bridgehead atoms. The number of piperidine rings is 1. The van der Waals surface area contributed by atoms with Gasteiger partial charge in [-0.1, -0.05) is 33.1 Å². The SMILES string of the molecule is CCCCCNC(=O)C1CC(CC)CCN1.